The van der Waals surface area contributed by atoms with Crippen molar-refractivity contribution in [2.75, 3.05) is 0 Å². The molecule has 1 aromatic carbocycles. The number of hydrogen-bond acceptors (Lipinski definition) is 5. The number of rotatable bonds is 4. The van der Waals surface area contributed by atoms with Crippen LogP contribution in [0.25, 0.3) is 16.8 Å². The predicted octanol–water partition coefficient (Wildman–Crippen LogP) is 2.65. The predicted molar refractivity (Wildman–Crippen MR) is 91.3 cm³/mol. The summed E-state index contributed by atoms with van der Waals surface area (Å²) in [5, 5.41) is 11.8. The van der Waals surface area contributed by atoms with Crippen LogP contribution in [-0.4, -0.2) is 25.8 Å². The van der Waals surface area contributed by atoms with E-state index in [0.29, 0.717) is 23.5 Å². The Kier molecular flexibility index (Phi) is 3.74. The van der Waals surface area contributed by atoms with E-state index in [1.165, 1.54) is 6.20 Å². The Bertz CT molecular complexity index is 1040. The van der Waals surface area contributed by atoms with Gasteiger partial charge in [0.1, 0.15) is 0 Å². The minimum absolute atomic E-state index is 0.203. The summed E-state index contributed by atoms with van der Waals surface area (Å²) < 4.78 is 6.84. The SMILES string of the molecule is Cc1noc2ncc(C(=O)NCc3ccccc3-n3cccn3)cc12. The van der Waals surface area contributed by atoms with Crippen molar-refractivity contribution in [3.63, 3.8) is 0 Å². The fourth-order valence-electron chi connectivity index (χ4n) is 2.64. The highest BCUT2D eigenvalue weighted by Gasteiger charge is 2.12. The maximum absolute atomic E-state index is 12.5. The molecule has 4 rings (SSSR count). The summed E-state index contributed by atoms with van der Waals surface area (Å²) in [7, 11) is 0. The molecule has 0 bridgehead atoms. The molecule has 0 fully saturated rings. The Morgan fingerprint density at radius 3 is 3.00 bits per heavy atom. The molecule has 0 atom stereocenters. The molecule has 25 heavy (non-hydrogen) atoms. The molecule has 0 saturated heterocycles. The Morgan fingerprint density at radius 2 is 2.16 bits per heavy atom. The molecule has 0 saturated carbocycles. The van der Waals surface area contributed by atoms with E-state index in [4.69, 9.17) is 4.52 Å². The second-order valence-electron chi connectivity index (χ2n) is 5.61. The molecule has 0 aliphatic heterocycles. The van der Waals surface area contributed by atoms with Crippen molar-refractivity contribution < 1.29 is 9.32 Å². The second-order valence-corrected chi connectivity index (χ2v) is 5.61. The smallest absolute Gasteiger partial charge is 0.257 e. The number of para-hydroxylation sites is 1. The average Bonchev–Trinajstić information content (AvgIpc) is 3.30. The molecule has 0 radical (unpaired) electrons. The molecule has 0 aliphatic carbocycles. The van der Waals surface area contributed by atoms with Crippen molar-refractivity contribution >= 4 is 17.0 Å². The van der Waals surface area contributed by atoms with Gasteiger partial charge in [-0.15, -0.1) is 0 Å². The number of aryl methyl sites for hydroxylation is 1. The average molecular weight is 333 g/mol. The lowest BCUT2D eigenvalue weighted by Gasteiger charge is -2.10. The van der Waals surface area contributed by atoms with Gasteiger partial charge in [-0.1, -0.05) is 23.4 Å². The van der Waals surface area contributed by atoms with Gasteiger partial charge in [-0.25, -0.2) is 9.67 Å². The number of pyridine rings is 1. The fraction of sp³-hybridized carbons (Fsp3) is 0.111. The van der Waals surface area contributed by atoms with Crippen LogP contribution < -0.4 is 5.32 Å². The zero-order chi connectivity index (χ0) is 17.2. The van der Waals surface area contributed by atoms with Crippen LogP contribution in [-0.2, 0) is 6.54 Å². The molecule has 7 heteroatoms. The number of carbonyl (C=O) groups is 1. The Hall–Kier alpha value is -3.48. The zero-order valence-electron chi connectivity index (χ0n) is 13.5. The van der Waals surface area contributed by atoms with E-state index >= 15 is 0 Å². The Morgan fingerprint density at radius 1 is 1.28 bits per heavy atom. The maximum Gasteiger partial charge on any atom is 0.257 e. The van der Waals surface area contributed by atoms with Gasteiger partial charge in [0.15, 0.2) is 0 Å². The highest BCUT2D eigenvalue weighted by atomic mass is 16.5. The largest absolute Gasteiger partial charge is 0.348 e. The lowest BCUT2D eigenvalue weighted by Crippen LogP contribution is -2.23. The summed E-state index contributed by atoms with van der Waals surface area (Å²) in [6.07, 6.45) is 5.08. The molecule has 3 aromatic heterocycles. The number of hydrogen-bond donors (Lipinski definition) is 1. The fourth-order valence-corrected chi connectivity index (χ4v) is 2.64. The molecule has 3 heterocycles. The number of nitrogens with one attached hydrogen (secondary N) is 1. The van der Waals surface area contributed by atoms with Crippen LogP contribution in [0.3, 0.4) is 0 Å². The Balaban J connectivity index is 1.55. The van der Waals surface area contributed by atoms with Gasteiger partial charge >= 0.3 is 0 Å². The van der Waals surface area contributed by atoms with Crippen molar-refractivity contribution in [3.8, 4) is 5.69 Å². The first-order valence-corrected chi connectivity index (χ1v) is 7.80. The van der Waals surface area contributed by atoms with Gasteiger partial charge < -0.3 is 9.84 Å². The summed E-state index contributed by atoms with van der Waals surface area (Å²) in [4.78, 5) is 16.6. The van der Waals surface area contributed by atoms with Gasteiger partial charge in [0.2, 0.25) is 0 Å². The van der Waals surface area contributed by atoms with Gasteiger partial charge in [-0.05, 0) is 30.7 Å². The summed E-state index contributed by atoms with van der Waals surface area (Å²) in [6.45, 7) is 2.20. The minimum atomic E-state index is -0.203. The van der Waals surface area contributed by atoms with E-state index in [-0.39, 0.29) is 5.91 Å². The monoisotopic (exact) mass is 333 g/mol. The summed E-state index contributed by atoms with van der Waals surface area (Å²) in [5.74, 6) is -0.203. The van der Waals surface area contributed by atoms with Crippen molar-refractivity contribution in [1.82, 2.24) is 25.2 Å². The first-order chi connectivity index (χ1) is 12.2. The van der Waals surface area contributed by atoms with Crippen LogP contribution >= 0.6 is 0 Å². The highest BCUT2D eigenvalue weighted by molar-refractivity contribution is 5.96. The standard InChI is InChI=1S/C18H15N5O2/c1-12-15-9-14(11-20-18(15)25-22-12)17(24)19-10-13-5-2-3-6-16(13)23-8-4-7-21-23/h2-9,11H,10H2,1H3,(H,19,24). The maximum atomic E-state index is 12.5. The van der Waals surface area contributed by atoms with Crippen LogP contribution in [0.1, 0.15) is 21.6 Å². The molecule has 0 spiro atoms. The van der Waals surface area contributed by atoms with Crippen LogP contribution in [0.5, 0.6) is 0 Å². The number of aromatic nitrogens is 4. The number of nitrogens with zero attached hydrogens (tertiary/aromatic N) is 4. The van der Waals surface area contributed by atoms with Crippen molar-refractivity contribution in [2.45, 2.75) is 13.5 Å². The molecule has 1 amide bonds. The van der Waals surface area contributed by atoms with Crippen molar-refractivity contribution in [2.24, 2.45) is 0 Å². The topological polar surface area (TPSA) is 85.8 Å². The third-order valence-electron chi connectivity index (χ3n) is 3.95. The quantitative estimate of drug-likeness (QED) is 0.620. The van der Waals surface area contributed by atoms with E-state index in [0.717, 1.165) is 16.6 Å². The molecule has 7 nitrogen and oxygen atoms in total. The summed E-state index contributed by atoms with van der Waals surface area (Å²) >= 11 is 0. The number of fused-ring (bicyclic) bond motifs is 1. The van der Waals surface area contributed by atoms with Gasteiger partial charge in [0.25, 0.3) is 11.6 Å². The van der Waals surface area contributed by atoms with Gasteiger partial charge in [-0.2, -0.15) is 5.10 Å². The molecule has 4 aromatic rings. The third kappa shape index (κ3) is 2.87. The molecule has 124 valence electrons. The van der Waals surface area contributed by atoms with Crippen molar-refractivity contribution in [1.29, 1.82) is 0 Å². The summed E-state index contributed by atoms with van der Waals surface area (Å²) in [6, 6.07) is 11.4. The van der Waals surface area contributed by atoms with Gasteiger partial charge in [-0.3, -0.25) is 4.79 Å². The minimum Gasteiger partial charge on any atom is -0.348 e. The molecule has 0 unspecified atom stereocenters. The lowest BCUT2D eigenvalue weighted by molar-refractivity contribution is 0.0950. The van der Waals surface area contributed by atoms with Crippen LogP contribution in [0.2, 0.25) is 0 Å². The van der Waals surface area contributed by atoms with Gasteiger partial charge in [0, 0.05) is 25.1 Å². The lowest BCUT2D eigenvalue weighted by atomic mass is 10.1. The Labute approximate surface area is 143 Å². The van der Waals surface area contributed by atoms with E-state index in [1.54, 1.807) is 16.9 Å². The van der Waals surface area contributed by atoms with Crippen LogP contribution in [0, 0.1) is 6.92 Å². The normalized spacial score (nSPS) is 10.9. The number of amides is 1. The van der Waals surface area contributed by atoms with Crippen LogP contribution in [0.15, 0.2) is 59.5 Å². The van der Waals surface area contributed by atoms with E-state index < -0.39 is 0 Å². The van der Waals surface area contributed by atoms with Crippen molar-refractivity contribution in [3.05, 3.63) is 71.8 Å². The van der Waals surface area contributed by atoms with Crippen LogP contribution in [0.4, 0.5) is 0 Å². The highest BCUT2D eigenvalue weighted by Crippen LogP contribution is 2.17. The second kappa shape index (κ2) is 6.20. The first kappa shape index (κ1) is 15.1. The summed E-state index contributed by atoms with van der Waals surface area (Å²) in [5.41, 5.74) is 3.50. The first-order valence-electron chi connectivity index (χ1n) is 7.80. The zero-order valence-corrected chi connectivity index (χ0v) is 13.5. The van der Waals surface area contributed by atoms with E-state index in [2.05, 4.69) is 20.6 Å². The third-order valence-corrected chi connectivity index (χ3v) is 3.95. The number of carbonyl (C=O) groups excluding carboxylic acids is 1. The van der Waals surface area contributed by atoms with Gasteiger partial charge in [0.05, 0.1) is 22.3 Å². The van der Waals surface area contributed by atoms with E-state index in [1.807, 2.05) is 43.5 Å². The molecule has 1 N–H and O–H groups in total. The number of benzene rings is 1. The molecule has 0 aliphatic rings. The van der Waals surface area contributed by atoms with E-state index in [9.17, 15) is 4.79 Å². The molecular formula is C18H15N5O2. The molecular weight excluding hydrogens is 318 g/mol.